The first-order valence-electron chi connectivity index (χ1n) is 4.43. The minimum Gasteiger partial charge on any atom is -0.476 e. The second kappa shape index (κ2) is 4.71. The first-order valence-corrected chi connectivity index (χ1v) is 5.31. The van der Waals surface area contributed by atoms with E-state index in [2.05, 4.69) is 20.4 Å². The molecule has 16 heavy (non-hydrogen) atoms. The van der Waals surface area contributed by atoms with Crippen LogP contribution in [0.15, 0.2) is 16.4 Å². The summed E-state index contributed by atoms with van der Waals surface area (Å²) in [6.07, 6.45) is 1.86. The molecule has 0 aliphatic rings. The van der Waals surface area contributed by atoms with Crippen molar-refractivity contribution in [1.29, 1.82) is 0 Å². The molecule has 0 spiro atoms. The Morgan fingerprint density at radius 1 is 1.56 bits per heavy atom. The van der Waals surface area contributed by atoms with E-state index in [0.717, 1.165) is 0 Å². The van der Waals surface area contributed by atoms with E-state index in [1.807, 2.05) is 0 Å². The number of thiazole rings is 1. The van der Waals surface area contributed by atoms with Crippen molar-refractivity contribution in [3.8, 4) is 0 Å². The zero-order chi connectivity index (χ0) is 11.4. The molecule has 2 heterocycles. The quantitative estimate of drug-likeness (QED) is 0.799. The Labute approximate surface area is 94.1 Å². The maximum atomic E-state index is 10.7. The summed E-state index contributed by atoms with van der Waals surface area (Å²) in [4.78, 5) is 18.3. The van der Waals surface area contributed by atoms with Crippen molar-refractivity contribution >= 4 is 22.3 Å². The summed E-state index contributed by atoms with van der Waals surface area (Å²) in [5.74, 6) is -0.532. The van der Waals surface area contributed by atoms with Gasteiger partial charge < -0.3 is 14.9 Å². The standard InChI is InChI=1S/C8H8N4O3S/c13-8(14)6-7(16-4-11-6)9-2-1-5-10-3-12-15-5/h3-4,9H,1-2H2,(H,13,14). The zero-order valence-electron chi connectivity index (χ0n) is 8.08. The van der Waals surface area contributed by atoms with Crippen LogP contribution in [0.1, 0.15) is 16.4 Å². The minimum atomic E-state index is -1.04. The lowest BCUT2D eigenvalue weighted by atomic mass is 10.4. The summed E-state index contributed by atoms with van der Waals surface area (Å²) in [5.41, 5.74) is 1.52. The first-order chi connectivity index (χ1) is 7.77. The Morgan fingerprint density at radius 2 is 2.44 bits per heavy atom. The number of aromatic carboxylic acids is 1. The van der Waals surface area contributed by atoms with Crippen molar-refractivity contribution in [2.24, 2.45) is 0 Å². The predicted octanol–water partition coefficient (Wildman–Crippen LogP) is 0.879. The maximum absolute atomic E-state index is 10.7. The van der Waals surface area contributed by atoms with Crippen LogP contribution in [0, 0.1) is 0 Å². The fourth-order valence-electron chi connectivity index (χ4n) is 1.11. The van der Waals surface area contributed by atoms with Gasteiger partial charge in [-0.25, -0.2) is 9.78 Å². The summed E-state index contributed by atoms with van der Waals surface area (Å²) in [7, 11) is 0. The van der Waals surface area contributed by atoms with E-state index in [-0.39, 0.29) is 5.69 Å². The summed E-state index contributed by atoms with van der Waals surface area (Å²) < 4.78 is 4.80. The van der Waals surface area contributed by atoms with E-state index < -0.39 is 5.97 Å². The van der Waals surface area contributed by atoms with Gasteiger partial charge in [0, 0.05) is 13.0 Å². The van der Waals surface area contributed by atoms with E-state index in [4.69, 9.17) is 9.63 Å². The van der Waals surface area contributed by atoms with Gasteiger partial charge in [0.15, 0.2) is 12.0 Å². The van der Waals surface area contributed by atoms with Crippen molar-refractivity contribution in [1.82, 2.24) is 15.1 Å². The van der Waals surface area contributed by atoms with Crippen LogP contribution in [0.2, 0.25) is 0 Å². The van der Waals surface area contributed by atoms with Crippen molar-refractivity contribution in [2.45, 2.75) is 6.42 Å². The molecule has 2 N–H and O–H groups in total. The normalized spacial score (nSPS) is 10.2. The number of hydrogen-bond donors (Lipinski definition) is 2. The minimum absolute atomic E-state index is 0.0375. The van der Waals surface area contributed by atoms with Gasteiger partial charge in [0.25, 0.3) is 0 Å². The molecule has 0 bridgehead atoms. The third kappa shape index (κ3) is 2.34. The summed E-state index contributed by atoms with van der Waals surface area (Å²) in [5, 5.41) is 15.8. The number of rotatable bonds is 5. The Balaban J connectivity index is 1.90. The van der Waals surface area contributed by atoms with Crippen LogP contribution >= 0.6 is 11.3 Å². The molecule has 2 aromatic heterocycles. The summed E-state index contributed by atoms with van der Waals surface area (Å²) in [6, 6.07) is 0. The highest BCUT2D eigenvalue weighted by atomic mass is 32.1. The Hall–Kier alpha value is -1.96. The van der Waals surface area contributed by atoms with Crippen molar-refractivity contribution in [3.63, 3.8) is 0 Å². The number of nitrogens with zero attached hydrogens (tertiary/aromatic N) is 3. The molecule has 2 aromatic rings. The largest absolute Gasteiger partial charge is 0.476 e. The Kier molecular flexibility index (Phi) is 3.10. The molecule has 0 fully saturated rings. The van der Waals surface area contributed by atoms with Gasteiger partial charge in [0.1, 0.15) is 5.00 Å². The van der Waals surface area contributed by atoms with Crippen LogP contribution in [-0.4, -0.2) is 32.7 Å². The van der Waals surface area contributed by atoms with E-state index in [9.17, 15) is 4.79 Å². The molecule has 8 heteroatoms. The SMILES string of the molecule is O=C(O)c1ncsc1NCCc1ncno1. The van der Waals surface area contributed by atoms with E-state index in [0.29, 0.717) is 23.9 Å². The molecule has 84 valence electrons. The molecule has 0 aromatic carbocycles. The van der Waals surface area contributed by atoms with E-state index in [1.165, 1.54) is 23.2 Å². The van der Waals surface area contributed by atoms with Crippen molar-refractivity contribution < 1.29 is 14.4 Å². The third-order valence-electron chi connectivity index (χ3n) is 1.80. The predicted molar refractivity (Wildman–Crippen MR) is 55.6 cm³/mol. The van der Waals surface area contributed by atoms with Gasteiger partial charge in [0.05, 0.1) is 5.51 Å². The second-order valence-corrected chi connectivity index (χ2v) is 3.70. The summed E-state index contributed by atoms with van der Waals surface area (Å²) >= 11 is 1.25. The van der Waals surface area contributed by atoms with Gasteiger partial charge in [-0.15, -0.1) is 11.3 Å². The van der Waals surface area contributed by atoms with Gasteiger partial charge in [-0.3, -0.25) is 0 Å². The molecule has 0 saturated carbocycles. The Bertz CT molecular complexity index is 467. The molecule has 0 aliphatic heterocycles. The molecular formula is C8H8N4O3S. The summed E-state index contributed by atoms with van der Waals surface area (Å²) in [6.45, 7) is 0.519. The van der Waals surface area contributed by atoms with Crippen molar-refractivity contribution in [2.75, 3.05) is 11.9 Å². The maximum Gasteiger partial charge on any atom is 0.357 e. The van der Waals surface area contributed by atoms with Crippen LogP contribution < -0.4 is 5.32 Å². The fourth-order valence-corrected chi connectivity index (χ4v) is 1.81. The lowest BCUT2D eigenvalue weighted by molar-refractivity contribution is 0.0692. The van der Waals surface area contributed by atoms with Gasteiger partial charge in [0.2, 0.25) is 5.89 Å². The van der Waals surface area contributed by atoms with Crippen LogP contribution in [0.3, 0.4) is 0 Å². The number of nitrogens with one attached hydrogen (secondary N) is 1. The smallest absolute Gasteiger partial charge is 0.357 e. The molecule has 2 rings (SSSR count). The van der Waals surface area contributed by atoms with E-state index in [1.54, 1.807) is 0 Å². The monoisotopic (exact) mass is 240 g/mol. The van der Waals surface area contributed by atoms with Crippen LogP contribution in [0.25, 0.3) is 0 Å². The number of hydrogen-bond acceptors (Lipinski definition) is 7. The van der Waals surface area contributed by atoms with Crippen molar-refractivity contribution in [3.05, 3.63) is 23.4 Å². The molecule has 7 nitrogen and oxygen atoms in total. The third-order valence-corrected chi connectivity index (χ3v) is 2.59. The number of carboxylic acid groups (broad SMARTS) is 1. The number of carboxylic acids is 1. The van der Waals surface area contributed by atoms with Crippen LogP contribution in [0.5, 0.6) is 0 Å². The molecule has 0 radical (unpaired) electrons. The van der Waals surface area contributed by atoms with Crippen LogP contribution in [-0.2, 0) is 6.42 Å². The lowest BCUT2D eigenvalue weighted by Gasteiger charge is -2.01. The van der Waals surface area contributed by atoms with Gasteiger partial charge in [-0.2, -0.15) is 4.98 Å². The fraction of sp³-hybridized carbons (Fsp3) is 0.250. The molecular weight excluding hydrogens is 232 g/mol. The molecule has 0 atom stereocenters. The highest BCUT2D eigenvalue weighted by Crippen LogP contribution is 2.19. The topological polar surface area (TPSA) is 101 Å². The van der Waals surface area contributed by atoms with E-state index >= 15 is 0 Å². The molecule has 0 saturated heterocycles. The van der Waals surface area contributed by atoms with Gasteiger partial charge in [-0.1, -0.05) is 5.16 Å². The Morgan fingerprint density at radius 3 is 3.12 bits per heavy atom. The number of aromatic nitrogens is 3. The first kappa shape index (κ1) is 10.6. The van der Waals surface area contributed by atoms with Gasteiger partial charge in [-0.05, 0) is 0 Å². The average molecular weight is 240 g/mol. The molecule has 0 aliphatic carbocycles. The highest BCUT2D eigenvalue weighted by Gasteiger charge is 2.12. The lowest BCUT2D eigenvalue weighted by Crippen LogP contribution is -2.08. The van der Waals surface area contributed by atoms with Crippen LogP contribution in [0.4, 0.5) is 5.00 Å². The molecule has 0 unspecified atom stereocenters. The van der Waals surface area contributed by atoms with Gasteiger partial charge >= 0.3 is 5.97 Å². The molecule has 0 amide bonds. The number of carbonyl (C=O) groups is 1. The average Bonchev–Trinajstić information content (AvgIpc) is 2.87. The zero-order valence-corrected chi connectivity index (χ0v) is 8.90. The second-order valence-electron chi connectivity index (χ2n) is 2.85. The number of anilines is 1. The highest BCUT2D eigenvalue weighted by molar-refractivity contribution is 7.14.